The van der Waals surface area contributed by atoms with Crippen LogP contribution in [0, 0.1) is 11.5 Å². The summed E-state index contributed by atoms with van der Waals surface area (Å²) >= 11 is 0. The van der Waals surface area contributed by atoms with E-state index in [0.717, 1.165) is 12.0 Å². The van der Waals surface area contributed by atoms with E-state index in [0.29, 0.717) is 0 Å². The quantitative estimate of drug-likeness (QED) is 0.439. The number of allylic oxidation sites excluding steroid dienone is 1. The Bertz CT molecular complexity index is 458. The van der Waals surface area contributed by atoms with Crippen LogP contribution in [0.1, 0.15) is 37.3 Å². The molecule has 1 rings (SSSR count). The Morgan fingerprint density at radius 2 is 2.11 bits per heavy atom. The summed E-state index contributed by atoms with van der Waals surface area (Å²) in [4.78, 5) is 4.17. The first-order chi connectivity index (χ1) is 8.53. The van der Waals surface area contributed by atoms with Gasteiger partial charge in [-0.05, 0) is 18.1 Å². The highest BCUT2D eigenvalue weighted by atomic mass is 28.3. The van der Waals surface area contributed by atoms with Gasteiger partial charge in [-0.3, -0.25) is 4.98 Å². The summed E-state index contributed by atoms with van der Waals surface area (Å²) in [5, 5.41) is 0. The van der Waals surface area contributed by atoms with Gasteiger partial charge in [-0.25, -0.2) is 0 Å². The highest BCUT2D eigenvalue weighted by Crippen LogP contribution is 2.10. The van der Waals surface area contributed by atoms with Gasteiger partial charge in [-0.15, -0.1) is 5.54 Å². The fourth-order valence-corrected chi connectivity index (χ4v) is 1.95. The summed E-state index contributed by atoms with van der Waals surface area (Å²) in [6.07, 6.45) is 11.7. The Kier molecular flexibility index (Phi) is 5.87. The predicted molar refractivity (Wildman–Crippen MR) is 83.0 cm³/mol. The van der Waals surface area contributed by atoms with E-state index in [9.17, 15) is 0 Å². The van der Waals surface area contributed by atoms with Gasteiger partial charge in [-0.2, -0.15) is 0 Å². The van der Waals surface area contributed by atoms with Gasteiger partial charge in [-0.1, -0.05) is 57.5 Å². The molecule has 1 aromatic heterocycles. The molecule has 1 nitrogen and oxygen atoms in total. The highest BCUT2D eigenvalue weighted by molar-refractivity contribution is 6.83. The van der Waals surface area contributed by atoms with Crippen LogP contribution >= 0.6 is 0 Å². The van der Waals surface area contributed by atoms with Gasteiger partial charge in [0.25, 0.3) is 0 Å². The topological polar surface area (TPSA) is 12.9 Å². The van der Waals surface area contributed by atoms with Crippen molar-refractivity contribution in [1.29, 1.82) is 0 Å². The monoisotopic (exact) mass is 257 g/mol. The average molecular weight is 257 g/mol. The first kappa shape index (κ1) is 14.7. The summed E-state index contributed by atoms with van der Waals surface area (Å²) in [6.45, 7) is 8.98. The Labute approximate surface area is 112 Å². The molecule has 96 valence electrons. The van der Waals surface area contributed by atoms with Crippen LogP contribution in [0.25, 0.3) is 6.08 Å². The van der Waals surface area contributed by atoms with Crippen molar-refractivity contribution in [3.05, 3.63) is 35.7 Å². The zero-order valence-electron chi connectivity index (χ0n) is 12.0. The second-order valence-corrected chi connectivity index (χ2v) is 10.3. The summed E-state index contributed by atoms with van der Waals surface area (Å²) in [5.41, 5.74) is 5.63. The zero-order valence-corrected chi connectivity index (χ0v) is 13.0. The number of aromatic nitrogens is 1. The summed E-state index contributed by atoms with van der Waals surface area (Å²) in [5.74, 6) is 3.29. The van der Waals surface area contributed by atoms with Gasteiger partial charge >= 0.3 is 0 Å². The molecule has 0 radical (unpaired) electrons. The molecule has 0 unspecified atom stereocenters. The number of hydrogen-bond acceptors (Lipinski definition) is 1. The fraction of sp³-hybridized carbons (Fsp3) is 0.438. The minimum Gasteiger partial charge on any atom is -0.263 e. The van der Waals surface area contributed by atoms with E-state index in [-0.39, 0.29) is 0 Å². The molecule has 1 heterocycles. The number of hydrogen-bond donors (Lipinski definition) is 0. The van der Waals surface area contributed by atoms with Gasteiger partial charge in [0.1, 0.15) is 8.07 Å². The molecule has 0 N–H and O–H groups in total. The lowest BCUT2D eigenvalue weighted by molar-refractivity contribution is 0.816. The largest absolute Gasteiger partial charge is 0.263 e. The van der Waals surface area contributed by atoms with E-state index < -0.39 is 8.07 Å². The number of pyridine rings is 1. The standard InChI is InChI=1S/C16H23NSi/c1-5-6-7-8-9-15-10-12-17-14-16(15)11-13-18(2,3)4/h8-10,12,14H,5-7H2,1-4H3/b9-8+. The molecule has 0 fully saturated rings. The predicted octanol–water partition coefficient (Wildman–Crippen LogP) is 4.51. The maximum atomic E-state index is 4.17. The van der Waals surface area contributed by atoms with Crippen LogP contribution in [0.2, 0.25) is 19.6 Å². The van der Waals surface area contributed by atoms with E-state index in [1.807, 2.05) is 18.5 Å². The van der Waals surface area contributed by atoms with E-state index in [1.165, 1.54) is 18.4 Å². The van der Waals surface area contributed by atoms with Crippen molar-refractivity contribution in [2.24, 2.45) is 0 Å². The van der Waals surface area contributed by atoms with Crippen LogP contribution < -0.4 is 0 Å². The molecular weight excluding hydrogens is 234 g/mol. The van der Waals surface area contributed by atoms with Crippen molar-refractivity contribution < 1.29 is 0 Å². The molecule has 2 heteroatoms. The molecule has 0 atom stereocenters. The second kappa shape index (κ2) is 7.18. The van der Waals surface area contributed by atoms with Crippen molar-refractivity contribution in [1.82, 2.24) is 4.98 Å². The summed E-state index contributed by atoms with van der Waals surface area (Å²) in [7, 11) is -1.32. The molecule has 0 saturated heterocycles. The van der Waals surface area contributed by atoms with Crippen molar-refractivity contribution in [3.63, 3.8) is 0 Å². The maximum Gasteiger partial charge on any atom is 0.129 e. The molecule has 0 aromatic carbocycles. The molecule has 0 aliphatic heterocycles. The third-order valence-corrected chi connectivity index (χ3v) is 3.32. The Hall–Kier alpha value is -1.33. The third kappa shape index (κ3) is 5.84. The van der Waals surface area contributed by atoms with Gasteiger partial charge in [0.15, 0.2) is 0 Å². The van der Waals surface area contributed by atoms with Crippen molar-refractivity contribution >= 4 is 14.1 Å². The Morgan fingerprint density at radius 1 is 1.33 bits per heavy atom. The average Bonchev–Trinajstić information content (AvgIpc) is 2.32. The van der Waals surface area contributed by atoms with Crippen LogP contribution in [0.3, 0.4) is 0 Å². The maximum absolute atomic E-state index is 4.17. The van der Waals surface area contributed by atoms with Gasteiger partial charge in [0.2, 0.25) is 0 Å². The van der Waals surface area contributed by atoms with Crippen LogP contribution in [-0.4, -0.2) is 13.1 Å². The van der Waals surface area contributed by atoms with Gasteiger partial charge in [0, 0.05) is 18.0 Å². The number of unbranched alkanes of at least 4 members (excludes halogenated alkanes) is 2. The summed E-state index contributed by atoms with van der Waals surface area (Å²) < 4.78 is 0. The molecule has 0 aliphatic carbocycles. The van der Waals surface area contributed by atoms with Crippen molar-refractivity contribution in [2.45, 2.75) is 45.8 Å². The first-order valence-corrected chi connectivity index (χ1v) is 10.2. The minimum atomic E-state index is -1.32. The fourth-order valence-electron chi connectivity index (χ4n) is 1.44. The molecule has 0 saturated carbocycles. The molecule has 1 aromatic rings. The third-order valence-electron chi connectivity index (χ3n) is 2.45. The first-order valence-electron chi connectivity index (χ1n) is 6.66. The zero-order chi connectivity index (χ0) is 13.4. The van der Waals surface area contributed by atoms with Crippen LogP contribution in [-0.2, 0) is 0 Å². The van der Waals surface area contributed by atoms with Crippen LogP contribution in [0.15, 0.2) is 24.5 Å². The molecule has 0 bridgehead atoms. The van der Waals surface area contributed by atoms with Crippen molar-refractivity contribution in [2.75, 3.05) is 0 Å². The molecule has 18 heavy (non-hydrogen) atoms. The van der Waals surface area contributed by atoms with Crippen LogP contribution in [0.5, 0.6) is 0 Å². The van der Waals surface area contributed by atoms with E-state index in [1.54, 1.807) is 0 Å². The second-order valence-electron chi connectivity index (χ2n) is 5.51. The van der Waals surface area contributed by atoms with Crippen molar-refractivity contribution in [3.8, 4) is 11.5 Å². The Balaban J connectivity index is 2.85. The molecule has 0 spiro atoms. The van der Waals surface area contributed by atoms with Crippen LogP contribution in [0.4, 0.5) is 0 Å². The minimum absolute atomic E-state index is 1.05. The lowest BCUT2D eigenvalue weighted by Crippen LogP contribution is -2.16. The van der Waals surface area contributed by atoms with Gasteiger partial charge < -0.3 is 0 Å². The smallest absolute Gasteiger partial charge is 0.129 e. The highest BCUT2D eigenvalue weighted by Gasteiger charge is 2.07. The lowest BCUT2D eigenvalue weighted by Gasteiger charge is -2.04. The SMILES string of the molecule is CCCC/C=C/c1ccncc1C#C[Si](C)(C)C. The normalized spacial score (nSPS) is 11.3. The Morgan fingerprint density at radius 3 is 2.78 bits per heavy atom. The summed E-state index contributed by atoms with van der Waals surface area (Å²) in [6, 6.07) is 2.04. The van der Waals surface area contributed by atoms with E-state index in [4.69, 9.17) is 0 Å². The van der Waals surface area contributed by atoms with Gasteiger partial charge in [0.05, 0.1) is 0 Å². The number of nitrogens with zero attached hydrogens (tertiary/aromatic N) is 1. The molecule has 0 amide bonds. The number of rotatable bonds is 4. The molecular formula is C16H23NSi. The lowest BCUT2D eigenvalue weighted by atomic mass is 10.1. The van der Waals surface area contributed by atoms with E-state index >= 15 is 0 Å². The molecule has 0 aliphatic rings. The van der Waals surface area contributed by atoms with E-state index in [2.05, 4.69) is 55.2 Å².